The smallest absolute Gasteiger partial charge is 0.147 e. The van der Waals surface area contributed by atoms with E-state index in [9.17, 15) is 9.50 Å². The molecule has 2 nitrogen and oxygen atoms in total. The third kappa shape index (κ3) is 3.25. The largest absolute Gasteiger partial charge is 0.497 e. The second-order valence-corrected chi connectivity index (χ2v) is 4.62. The molecule has 0 aliphatic rings. The Morgan fingerprint density at radius 2 is 1.89 bits per heavy atom. The molecular weight excluding hydrogens is 267 g/mol. The second kappa shape index (κ2) is 6.04. The lowest BCUT2D eigenvalue weighted by molar-refractivity contribution is 0.173. The van der Waals surface area contributed by atoms with Crippen LogP contribution < -0.4 is 4.74 Å². The molecule has 1 N–H and O–H groups in total. The molecule has 4 heteroatoms. The van der Waals surface area contributed by atoms with Crippen molar-refractivity contribution >= 4 is 11.6 Å². The molecule has 0 saturated carbocycles. The maximum absolute atomic E-state index is 13.8. The van der Waals surface area contributed by atoms with E-state index < -0.39 is 11.9 Å². The van der Waals surface area contributed by atoms with Crippen LogP contribution in [0.2, 0.25) is 5.02 Å². The van der Waals surface area contributed by atoms with Gasteiger partial charge in [-0.15, -0.1) is 0 Å². The number of benzene rings is 2. The summed E-state index contributed by atoms with van der Waals surface area (Å²) < 4.78 is 18.8. The van der Waals surface area contributed by atoms with E-state index in [1.54, 1.807) is 25.3 Å². The quantitative estimate of drug-likeness (QED) is 0.924. The van der Waals surface area contributed by atoms with Gasteiger partial charge in [0.1, 0.15) is 11.6 Å². The van der Waals surface area contributed by atoms with Crippen LogP contribution in [0.25, 0.3) is 0 Å². The van der Waals surface area contributed by atoms with Gasteiger partial charge in [0.15, 0.2) is 0 Å². The molecule has 19 heavy (non-hydrogen) atoms. The molecule has 0 bridgehead atoms. The number of methoxy groups -OCH3 is 1. The van der Waals surface area contributed by atoms with Gasteiger partial charge in [-0.25, -0.2) is 4.39 Å². The minimum atomic E-state index is -0.924. The Morgan fingerprint density at radius 3 is 2.53 bits per heavy atom. The highest BCUT2D eigenvalue weighted by molar-refractivity contribution is 6.30. The van der Waals surface area contributed by atoms with E-state index in [1.165, 1.54) is 12.1 Å². The fourth-order valence-electron chi connectivity index (χ4n) is 1.87. The third-order valence-electron chi connectivity index (χ3n) is 2.93. The van der Waals surface area contributed by atoms with Crippen molar-refractivity contribution in [1.82, 2.24) is 0 Å². The van der Waals surface area contributed by atoms with Gasteiger partial charge in [0.2, 0.25) is 0 Å². The second-order valence-electron chi connectivity index (χ2n) is 4.21. The molecule has 0 spiro atoms. The van der Waals surface area contributed by atoms with Crippen molar-refractivity contribution in [3.63, 3.8) is 0 Å². The summed E-state index contributed by atoms with van der Waals surface area (Å²) in [5.41, 5.74) is 1.11. The summed E-state index contributed by atoms with van der Waals surface area (Å²) in [5.74, 6) is 0.178. The highest BCUT2D eigenvalue weighted by atomic mass is 35.5. The van der Waals surface area contributed by atoms with Crippen molar-refractivity contribution in [1.29, 1.82) is 0 Å². The van der Waals surface area contributed by atoms with Crippen molar-refractivity contribution in [3.05, 3.63) is 64.4 Å². The third-order valence-corrected chi connectivity index (χ3v) is 3.22. The molecule has 2 aromatic carbocycles. The van der Waals surface area contributed by atoms with Gasteiger partial charge < -0.3 is 9.84 Å². The molecular formula is C15H14ClFO2. The molecule has 2 aromatic rings. The van der Waals surface area contributed by atoms with E-state index in [0.717, 1.165) is 11.3 Å². The topological polar surface area (TPSA) is 29.5 Å². The van der Waals surface area contributed by atoms with Crippen LogP contribution in [0.15, 0.2) is 42.5 Å². The zero-order valence-electron chi connectivity index (χ0n) is 10.4. The number of aliphatic hydroxyl groups is 1. The molecule has 0 heterocycles. The molecule has 2 rings (SSSR count). The maximum atomic E-state index is 13.8. The lowest BCUT2D eigenvalue weighted by Crippen LogP contribution is -2.04. The van der Waals surface area contributed by atoms with E-state index >= 15 is 0 Å². The van der Waals surface area contributed by atoms with Crippen LogP contribution in [0, 0.1) is 5.82 Å². The Hall–Kier alpha value is -1.58. The Labute approximate surface area is 116 Å². The first-order chi connectivity index (χ1) is 9.11. The maximum Gasteiger partial charge on any atom is 0.147 e. The minimum Gasteiger partial charge on any atom is -0.497 e. The Morgan fingerprint density at radius 1 is 1.21 bits per heavy atom. The number of halogens is 2. The van der Waals surface area contributed by atoms with Gasteiger partial charge in [-0.05, 0) is 23.8 Å². The number of aliphatic hydroxyl groups excluding tert-OH is 1. The van der Waals surface area contributed by atoms with Crippen molar-refractivity contribution in [3.8, 4) is 5.75 Å². The van der Waals surface area contributed by atoms with E-state index in [0.29, 0.717) is 6.42 Å². The van der Waals surface area contributed by atoms with E-state index in [-0.39, 0.29) is 10.6 Å². The van der Waals surface area contributed by atoms with Gasteiger partial charge in [0, 0.05) is 12.0 Å². The number of rotatable bonds is 4. The van der Waals surface area contributed by atoms with Crippen LogP contribution in [0.4, 0.5) is 4.39 Å². The summed E-state index contributed by atoms with van der Waals surface area (Å²) in [5, 5.41) is 10.1. The van der Waals surface area contributed by atoms with Crippen LogP contribution in [-0.2, 0) is 6.42 Å². The minimum absolute atomic E-state index is 0.0197. The summed E-state index contributed by atoms with van der Waals surface area (Å²) in [4.78, 5) is 0. The molecule has 0 fully saturated rings. The molecule has 0 aliphatic carbocycles. The summed E-state index contributed by atoms with van der Waals surface area (Å²) in [6, 6.07) is 11.9. The van der Waals surface area contributed by atoms with Crippen molar-refractivity contribution in [2.45, 2.75) is 12.5 Å². The van der Waals surface area contributed by atoms with Crippen LogP contribution in [0.1, 0.15) is 17.2 Å². The van der Waals surface area contributed by atoms with Gasteiger partial charge in [0.05, 0.1) is 18.2 Å². The average molecular weight is 281 g/mol. The predicted octanol–water partition coefficient (Wildman–Crippen LogP) is 3.76. The zero-order chi connectivity index (χ0) is 13.8. The molecule has 0 aromatic heterocycles. The molecule has 0 amide bonds. The molecule has 0 aliphatic heterocycles. The van der Waals surface area contributed by atoms with Gasteiger partial charge in [-0.2, -0.15) is 0 Å². The van der Waals surface area contributed by atoms with Gasteiger partial charge in [-0.3, -0.25) is 0 Å². The fourth-order valence-corrected chi connectivity index (χ4v) is 2.05. The number of hydrogen-bond acceptors (Lipinski definition) is 2. The molecule has 0 saturated heterocycles. The summed E-state index contributed by atoms with van der Waals surface area (Å²) in [7, 11) is 1.59. The van der Waals surface area contributed by atoms with E-state index in [1.807, 2.05) is 12.1 Å². The van der Waals surface area contributed by atoms with Crippen molar-refractivity contribution in [2.24, 2.45) is 0 Å². The van der Waals surface area contributed by atoms with Crippen LogP contribution in [0.3, 0.4) is 0 Å². The Bertz CT molecular complexity index is 555. The Balaban J connectivity index is 2.15. The highest BCUT2D eigenvalue weighted by Gasteiger charge is 2.15. The molecule has 0 radical (unpaired) electrons. The molecule has 1 atom stereocenters. The average Bonchev–Trinajstić information content (AvgIpc) is 2.42. The van der Waals surface area contributed by atoms with E-state index in [2.05, 4.69) is 0 Å². The van der Waals surface area contributed by atoms with Crippen molar-refractivity contribution in [2.75, 3.05) is 7.11 Å². The SMILES string of the molecule is COc1ccc(CC(O)c2cccc(Cl)c2F)cc1. The Kier molecular flexibility index (Phi) is 4.40. The first kappa shape index (κ1) is 13.8. The monoisotopic (exact) mass is 280 g/mol. The van der Waals surface area contributed by atoms with Crippen LogP contribution in [-0.4, -0.2) is 12.2 Å². The van der Waals surface area contributed by atoms with Gasteiger partial charge >= 0.3 is 0 Å². The fraction of sp³-hybridized carbons (Fsp3) is 0.200. The molecule has 100 valence electrons. The number of ether oxygens (including phenoxy) is 1. The summed E-state index contributed by atoms with van der Waals surface area (Å²) in [6.07, 6.45) is -0.603. The summed E-state index contributed by atoms with van der Waals surface area (Å²) >= 11 is 5.70. The molecule has 1 unspecified atom stereocenters. The van der Waals surface area contributed by atoms with Crippen molar-refractivity contribution < 1.29 is 14.2 Å². The first-order valence-corrected chi connectivity index (χ1v) is 6.24. The lowest BCUT2D eigenvalue weighted by atomic mass is 10.0. The van der Waals surface area contributed by atoms with Crippen LogP contribution in [0.5, 0.6) is 5.75 Å². The first-order valence-electron chi connectivity index (χ1n) is 5.86. The normalized spacial score (nSPS) is 12.2. The zero-order valence-corrected chi connectivity index (χ0v) is 11.2. The van der Waals surface area contributed by atoms with Gasteiger partial charge in [0.25, 0.3) is 0 Å². The highest BCUT2D eigenvalue weighted by Crippen LogP contribution is 2.26. The van der Waals surface area contributed by atoms with Crippen LogP contribution >= 0.6 is 11.6 Å². The lowest BCUT2D eigenvalue weighted by Gasteiger charge is -2.13. The summed E-state index contributed by atoms with van der Waals surface area (Å²) in [6.45, 7) is 0. The predicted molar refractivity (Wildman–Crippen MR) is 73.1 cm³/mol. The standard InChI is InChI=1S/C15H14ClFO2/c1-19-11-7-5-10(6-8-11)9-14(18)12-3-2-4-13(16)15(12)17/h2-8,14,18H,9H2,1H3. The van der Waals surface area contributed by atoms with Gasteiger partial charge in [-0.1, -0.05) is 35.9 Å². The van der Waals surface area contributed by atoms with E-state index in [4.69, 9.17) is 16.3 Å². The number of hydrogen-bond donors (Lipinski definition) is 1.